The molecule has 0 fully saturated rings. The first-order chi connectivity index (χ1) is 11.7. The van der Waals surface area contributed by atoms with Crippen LogP contribution in [0.1, 0.15) is 19.4 Å². The van der Waals surface area contributed by atoms with Gasteiger partial charge in [0.1, 0.15) is 12.4 Å². The van der Waals surface area contributed by atoms with E-state index < -0.39 is 0 Å². The highest BCUT2D eigenvalue weighted by Crippen LogP contribution is 2.21. The maximum absolute atomic E-state index is 11.7. The zero-order chi connectivity index (χ0) is 17.2. The predicted octanol–water partition coefficient (Wildman–Crippen LogP) is 5.63. The van der Waals surface area contributed by atoms with Gasteiger partial charge in [0, 0.05) is 13.1 Å². The van der Waals surface area contributed by atoms with Crippen LogP contribution in [0.15, 0.2) is 72.8 Å². The molecule has 0 aliphatic carbocycles. The highest BCUT2D eigenvalue weighted by Gasteiger charge is 1.97. The Kier molecular flexibility index (Phi) is 7.24. The summed E-state index contributed by atoms with van der Waals surface area (Å²) in [4.78, 5) is 0. The molecule has 0 unspecified atom stereocenters. The number of rotatable bonds is 5. The van der Waals surface area contributed by atoms with Gasteiger partial charge >= 0.3 is 0 Å². The minimum atomic E-state index is 0.497. The molecule has 0 saturated heterocycles. The van der Waals surface area contributed by atoms with E-state index in [0.717, 1.165) is 10.9 Å². The summed E-state index contributed by atoms with van der Waals surface area (Å²) in [5, 5.41) is 3.20. The van der Waals surface area contributed by atoms with Crippen LogP contribution in [0.4, 0.5) is 4.48 Å². The van der Waals surface area contributed by atoms with Crippen molar-refractivity contribution in [3.8, 4) is 5.75 Å². The summed E-state index contributed by atoms with van der Waals surface area (Å²) >= 11 is 0. The normalized spacial score (nSPS) is 10.3. The van der Waals surface area contributed by atoms with Gasteiger partial charge in [-0.05, 0) is 42.3 Å². The SMILES string of the molecule is CCN(F)CC.c1ccc(COc2ccc3ccccc3c2)cc1. The second-order valence-electron chi connectivity index (χ2n) is 5.38. The largest absolute Gasteiger partial charge is 0.489 e. The monoisotopic (exact) mass is 325 g/mol. The van der Waals surface area contributed by atoms with Crippen LogP contribution < -0.4 is 4.74 Å². The second kappa shape index (κ2) is 9.68. The molecule has 2 nitrogen and oxygen atoms in total. The summed E-state index contributed by atoms with van der Waals surface area (Å²) in [6.07, 6.45) is 0. The number of fused-ring (bicyclic) bond motifs is 1. The van der Waals surface area contributed by atoms with Crippen molar-refractivity contribution >= 4 is 10.8 Å². The zero-order valence-electron chi connectivity index (χ0n) is 14.3. The third-order valence-corrected chi connectivity index (χ3v) is 3.66. The minimum absolute atomic E-state index is 0.497. The topological polar surface area (TPSA) is 12.5 Å². The maximum Gasteiger partial charge on any atom is 0.120 e. The van der Waals surface area contributed by atoms with Crippen molar-refractivity contribution in [3.63, 3.8) is 0 Å². The number of ether oxygens (including phenoxy) is 1. The highest BCUT2D eigenvalue weighted by atomic mass is 19.2. The van der Waals surface area contributed by atoms with E-state index in [-0.39, 0.29) is 0 Å². The van der Waals surface area contributed by atoms with E-state index in [1.165, 1.54) is 16.3 Å². The van der Waals surface area contributed by atoms with Crippen LogP contribution in [-0.2, 0) is 6.61 Å². The van der Waals surface area contributed by atoms with Crippen molar-refractivity contribution in [2.24, 2.45) is 0 Å². The standard InChI is InChI=1S/C17H14O.C4H10FN/c1-2-6-14(7-3-1)13-18-17-11-10-15-8-4-5-9-16(15)12-17;1-3-6(5)4-2/h1-12H,13H2;3-4H2,1-2H3. The Labute approximate surface area is 143 Å². The fourth-order valence-electron chi connectivity index (χ4n) is 2.22. The molecule has 3 aromatic rings. The molecule has 0 amide bonds. The van der Waals surface area contributed by atoms with E-state index in [9.17, 15) is 4.48 Å². The van der Waals surface area contributed by atoms with Crippen LogP contribution >= 0.6 is 0 Å². The van der Waals surface area contributed by atoms with Crippen molar-refractivity contribution in [1.82, 2.24) is 5.12 Å². The van der Waals surface area contributed by atoms with Crippen LogP contribution in [0.25, 0.3) is 10.8 Å². The third kappa shape index (κ3) is 5.67. The predicted molar refractivity (Wildman–Crippen MR) is 98.8 cm³/mol. The van der Waals surface area contributed by atoms with Crippen molar-refractivity contribution in [2.45, 2.75) is 20.5 Å². The van der Waals surface area contributed by atoms with E-state index in [1.807, 2.05) is 36.4 Å². The second-order valence-corrected chi connectivity index (χ2v) is 5.38. The van der Waals surface area contributed by atoms with Crippen LogP contribution in [0.2, 0.25) is 0 Å². The average Bonchev–Trinajstić information content (AvgIpc) is 2.67. The Morgan fingerprint density at radius 1 is 0.792 bits per heavy atom. The maximum atomic E-state index is 11.7. The molecule has 3 rings (SSSR count). The molecule has 0 aliphatic rings. The first-order valence-electron chi connectivity index (χ1n) is 8.29. The van der Waals surface area contributed by atoms with Crippen molar-refractivity contribution in [3.05, 3.63) is 78.4 Å². The summed E-state index contributed by atoms with van der Waals surface area (Å²) in [5.41, 5.74) is 1.19. The number of nitrogens with zero attached hydrogens (tertiary/aromatic N) is 1. The first kappa shape index (κ1) is 18.0. The Morgan fingerprint density at radius 3 is 2.04 bits per heavy atom. The molecule has 24 heavy (non-hydrogen) atoms. The van der Waals surface area contributed by atoms with Crippen LogP contribution in [-0.4, -0.2) is 18.2 Å². The molecule has 3 heteroatoms. The molecule has 3 aromatic carbocycles. The zero-order valence-corrected chi connectivity index (χ0v) is 14.3. The molecular formula is C21H24FNO. The summed E-state index contributed by atoms with van der Waals surface area (Å²) in [5.74, 6) is 0.914. The van der Waals surface area contributed by atoms with E-state index in [1.54, 1.807) is 13.8 Å². The molecule has 0 bridgehead atoms. The summed E-state index contributed by atoms with van der Waals surface area (Å²) in [6.45, 7) is 5.17. The molecule has 0 heterocycles. The van der Waals surface area contributed by atoms with Gasteiger partial charge in [0.05, 0.1) is 0 Å². The van der Waals surface area contributed by atoms with Crippen LogP contribution in [0.5, 0.6) is 5.75 Å². The molecular weight excluding hydrogens is 301 g/mol. The fourth-order valence-corrected chi connectivity index (χ4v) is 2.22. The minimum Gasteiger partial charge on any atom is -0.489 e. The number of benzene rings is 3. The molecule has 0 saturated carbocycles. The fraction of sp³-hybridized carbons (Fsp3) is 0.238. The Hall–Kier alpha value is -2.39. The summed E-state index contributed by atoms with van der Waals surface area (Å²) in [6, 6.07) is 24.7. The molecule has 0 radical (unpaired) electrons. The number of hydrogen-bond donors (Lipinski definition) is 0. The van der Waals surface area contributed by atoms with Crippen LogP contribution in [0, 0.1) is 0 Å². The lowest BCUT2D eigenvalue weighted by Crippen LogP contribution is -2.10. The lowest BCUT2D eigenvalue weighted by Gasteiger charge is -2.07. The van der Waals surface area contributed by atoms with Gasteiger partial charge in [0.15, 0.2) is 0 Å². The van der Waals surface area contributed by atoms with E-state index >= 15 is 0 Å². The van der Waals surface area contributed by atoms with Crippen LogP contribution in [0.3, 0.4) is 0 Å². The third-order valence-electron chi connectivity index (χ3n) is 3.66. The lowest BCUT2D eigenvalue weighted by atomic mass is 10.1. The summed E-state index contributed by atoms with van der Waals surface area (Å²) < 4.78 is 17.5. The van der Waals surface area contributed by atoms with E-state index in [2.05, 4.69) is 36.4 Å². The molecule has 0 aromatic heterocycles. The average molecular weight is 325 g/mol. The molecule has 0 N–H and O–H groups in total. The van der Waals surface area contributed by atoms with Crippen molar-refractivity contribution < 1.29 is 9.22 Å². The van der Waals surface area contributed by atoms with Gasteiger partial charge in [-0.25, -0.2) is 0 Å². The highest BCUT2D eigenvalue weighted by molar-refractivity contribution is 5.83. The van der Waals surface area contributed by atoms with E-state index in [0.29, 0.717) is 19.7 Å². The lowest BCUT2D eigenvalue weighted by molar-refractivity contribution is 0.0389. The molecule has 0 spiro atoms. The molecule has 126 valence electrons. The van der Waals surface area contributed by atoms with Gasteiger partial charge in [-0.1, -0.05) is 60.7 Å². The summed E-state index contributed by atoms with van der Waals surface area (Å²) in [7, 11) is 0. The molecule has 0 atom stereocenters. The number of hydrogen-bond acceptors (Lipinski definition) is 2. The van der Waals surface area contributed by atoms with Gasteiger partial charge in [0.2, 0.25) is 0 Å². The van der Waals surface area contributed by atoms with Gasteiger partial charge in [-0.2, -0.15) is 0 Å². The smallest absolute Gasteiger partial charge is 0.120 e. The Bertz CT molecular complexity index is 726. The quantitative estimate of drug-likeness (QED) is 0.564. The van der Waals surface area contributed by atoms with Gasteiger partial charge in [-0.15, -0.1) is 9.60 Å². The van der Waals surface area contributed by atoms with E-state index in [4.69, 9.17) is 4.74 Å². The van der Waals surface area contributed by atoms with Crippen molar-refractivity contribution in [2.75, 3.05) is 13.1 Å². The Balaban J connectivity index is 0.000000301. The van der Waals surface area contributed by atoms with Gasteiger partial charge in [-0.3, -0.25) is 0 Å². The Morgan fingerprint density at radius 2 is 1.42 bits per heavy atom. The first-order valence-corrected chi connectivity index (χ1v) is 8.29. The van der Waals surface area contributed by atoms with Gasteiger partial charge < -0.3 is 4.74 Å². The number of halogens is 1. The molecule has 0 aliphatic heterocycles. The van der Waals surface area contributed by atoms with Gasteiger partial charge in [0.25, 0.3) is 0 Å². The van der Waals surface area contributed by atoms with Crippen molar-refractivity contribution in [1.29, 1.82) is 0 Å².